The normalized spacial score (nSPS) is 12.4. The van der Waals surface area contributed by atoms with Crippen LogP contribution in [0.4, 0.5) is 0 Å². The Bertz CT molecular complexity index is 1240. The quantitative estimate of drug-likeness (QED) is 0.224. The van der Waals surface area contributed by atoms with Gasteiger partial charge in [-0.2, -0.15) is 0 Å². The Labute approximate surface area is 191 Å². The van der Waals surface area contributed by atoms with Gasteiger partial charge in [0, 0.05) is 28.4 Å². The maximum Gasteiger partial charge on any atom is 0.0491 e. The van der Waals surface area contributed by atoms with Crippen molar-refractivity contribution in [3.05, 3.63) is 120 Å². The molecule has 0 aliphatic carbocycles. The van der Waals surface area contributed by atoms with Gasteiger partial charge in [-0.05, 0) is 55.4 Å². The highest BCUT2D eigenvalue weighted by molar-refractivity contribution is 6.07. The third-order valence-electron chi connectivity index (χ3n) is 6.74. The number of benzene rings is 4. The van der Waals surface area contributed by atoms with Crippen LogP contribution in [0.3, 0.4) is 0 Å². The van der Waals surface area contributed by atoms with E-state index < -0.39 is 0 Å². The summed E-state index contributed by atoms with van der Waals surface area (Å²) in [6.07, 6.45) is 4.75. The molecule has 0 radical (unpaired) electrons. The third kappa shape index (κ3) is 4.34. The van der Waals surface area contributed by atoms with E-state index in [2.05, 4.69) is 115 Å². The standard InChI is InChI=1S/C31H31N/c1-24-18-20-26(21-19-24)27(23-25-11-3-2-4-12-25)13-9-10-22-32-30-16-7-5-14-28(30)29-15-6-8-17-31(29)32/h2-8,11-12,14-21,27H,9-10,13,22-23H2,1H3/t27-/m1/s1. The fraction of sp³-hybridized carbons (Fsp3) is 0.226. The van der Waals surface area contributed by atoms with Gasteiger partial charge in [0.15, 0.2) is 0 Å². The van der Waals surface area contributed by atoms with E-state index in [1.807, 2.05) is 0 Å². The molecule has 0 fully saturated rings. The van der Waals surface area contributed by atoms with Crippen LogP contribution in [0.1, 0.15) is 41.9 Å². The summed E-state index contributed by atoms with van der Waals surface area (Å²) in [5.41, 5.74) is 6.94. The van der Waals surface area contributed by atoms with Crippen molar-refractivity contribution in [1.82, 2.24) is 4.57 Å². The lowest BCUT2D eigenvalue weighted by molar-refractivity contribution is 0.540. The lowest BCUT2D eigenvalue weighted by Crippen LogP contribution is -2.05. The predicted molar refractivity (Wildman–Crippen MR) is 137 cm³/mol. The molecule has 5 aromatic rings. The lowest BCUT2D eigenvalue weighted by Gasteiger charge is -2.18. The molecule has 0 saturated carbocycles. The van der Waals surface area contributed by atoms with E-state index in [1.54, 1.807) is 0 Å². The molecule has 0 unspecified atom stereocenters. The second kappa shape index (κ2) is 9.44. The fourth-order valence-electron chi connectivity index (χ4n) is 5.03. The highest BCUT2D eigenvalue weighted by atomic mass is 15.0. The molecule has 0 aliphatic rings. The van der Waals surface area contributed by atoms with E-state index in [1.165, 1.54) is 57.8 Å². The number of para-hydroxylation sites is 2. The average molecular weight is 418 g/mol. The highest BCUT2D eigenvalue weighted by Gasteiger charge is 2.14. The van der Waals surface area contributed by atoms with Gasteiger partial charge in [0.1, 0.15) is 0 Å². The summed E-state index contributed by atoms with van der Waals surface area (Å²) in [6, 6.07) is 37.8. The van der Waals surface area contributed by atoms with Gasteiger partial charge >= 0.3 is 0 Å². The summed E-state index contributed by atoms with van der Waals surface area (Å²) >= 11 is 0. The van der Waals surface area contributed by atoms with Gasteiger partial charge in [-0.15, -0.1) is 0 Å². The molecule has 0 N–H and O–H groups in total. The van der Waals surface area contributed by atoms with Crippen LogP contribution in [0.5, 0.6) is 0 Å². The smallest absolute Gasteiger partial charge is 0.0491 e. The van der Waals surface area contributed by atoms with Crippen LogP contribution in [0.15, 0.2) is 103 Å². The van der Waals surface area contributed by atoms with E-state index in [0.29, 0.717) is 5.92 Å². The number of aromatic nitrogens is 1. The van der Waals surface area contributed by atoms with Crippen LogP contribution in [0.25, 0.3) is 21.8 Å². The van der Waals surface area contributed by atoms with E-state index in [0.717, 1.165) is 13.0 Å². The molecule has 0 aliphatic heterocycles. The zero-order valence-corrected chi connectivity index (χ0v) is 18.9. The molecule has 4 aromatic carbocycles. The number of hydrogen-bond acceptors (Lipinski definition) is 0. The largest absolute Gasteiger partial charge is 0.340 e. The second-order valence-electron chi connectivity index (χ2n) is 8.98. The first-order chi connectivity index (χ1) is 15.8. The third-order valence-corrected chi connectivity index (χ3v) is 6.74. The van der Waals surface area contributed by atoms with Crippen molar-refractivity contribution in [2.24, 2.45) is 0 Å². The number of unbranched alkanes of at least 4 members (excludes halogenated alkanes) is 1. The Morgan fingerprint density at radius 3 is 1.88 bits per heavy atom. The Kier molecular flexibility index (Phi) is 6.07. The van der Waals surface area contributed by atoms with E-state index in [4.69, 9.17) is 0 Å². The number of nitrogens with zero attached hydrogens (tertiary/aromatic N) is 1. The fourth-order valence-corrected chi connectivity index (χ4v) is 5.03. The summed E-state index contributed by atoms with van der Waals surface area (Å²) < 4.78 is 2.52. The van der Waals surface area contributed by atoms with Crippen molar-refractivity contribution in [1.29, 1.82) is 0 Å². The van der Waals surface area contributed by atoms with Gasteiger partial charge in [-0.1, -0.05) is 103 Å². The van der Waals surface area contributed by atoms with Crippen molar-refractivity contribution in [3.8, 4) is 0 Å². The van der Waals surface area contributed by atoms with Crippen molar-refractivity contribution in [2.45, 2.75) is 45.1 Å². The Morgan fingerprint density at radius 1 is 0.625 bits per heavy atom. The van der Waals surface area contributed by atoms with Crippen LogP contribution < -0.4 is 0 Å². The summed E-state index contributed by atoms with van der Waals surface area (Å²) in [5.74, 6) is 0.566. The average Bonchev–Trinajstić information content (AvgIpc) is 3.16. The van der Waals surface area contributed by atoms with Crippen LogP contribution in [0, 0.1) is 6.92 Å². The minimum Gasteiger partial charge on any atom is -0.340 e. The van der Waals surface area contributed by atoms with Crippen molar-refractivity contribution in [2.75, 3.05) is 0 Å². The Hall–Kier alpha value is -3.32. The van der Waals surface area contributed by atoms with Crippen LogP contribution in [-0.2, 0) is 13.0 Å². The first kappa shape index (κ1) is 20.6. The molecule has 0 saturated heterocycles. The lowest BCUT2D eigenvalue weighted by atomic mass is 9.87. The molecule has 1 heterocycles. The SMILES string of the molecule is Cc1ccc([C@H](CCCCn2c3ccccc3c3ccccc32)Cc2ccccc2)cc1. The first-order valence-corrected chi connectivity index (χ1v) is 11.9. The highest BCUT2D eigenvalue weighted by Crippen LogP contribution is 2.30. The summed E-state index contributed by atoms with van der Waals surface area (Å²) in [4.78, 5) is 0. The van der Waals surface area contributed by atoms with Crippen molar-refractivity contribution < 1.29 is 0 Å². The monoisotopic (exact) mass is 417 g/mol. The second-order valence-corrected chi connectivity index (χ2v) is 8.98. The molecule has 5 rings (SSSR count). The maximum absolute atomic E-state index is 2.52. The van der Waals surface area contributed by atoms with Crippen LogP contribution in [0.2, 0.25) is 0 Å². The van der Waals surface area contributed by atoms with Gasteiger partial charge in [-0.3, -0.25) is 0 Å². The number of hydrogen-bond donors (Lipinski definition) is 0. The molecule has 160 valence electrons. The minimum absolute atomic E-state index is 0.566. The van der Waals surface area contributed by atoms with Gasteiger partial charge in [0.25, 0.3) is 0 Å². The van der Waals surface area contributed by atoms with E-state index >= 15 is 0 Å². The number of aryl methyl sites for hydroxylation is 2. The van der Waals surface area contributed by atoms with Crippen molar-refractivity contribution in [3.63, 3.8) is 0 Å². The molecule has 32 heavy (non-hydrogen) atoms. The van der Waals surface area contributed by atoms with Gasteiger partial charge in [-0.25, -0.2) is 0 Å². The first-order valence-electron chi connectivity index (χ1n) is 11.9. The molecule has 1 nitrogen and oxygen atoms in total. The topological polar surface area (TPSA) is 4.93 Å². The van der Waals surface area contributed by atoms with Crippen LogP contribution in [-0.4, -0.2) is 4.57 Å². The van der Waals surface area contributed by atoms with E-state index in [9.17, 15) is 0 Å². The predicted octanol–water partition coefficient (Wildman–Crippen LogP) is 8.30. The maximum atomic E-state index is 2.52. The number of rotatable bonds is 8. The molecule has 1 atom stereocenters. The summed E-state index contributed by atoms with van der Waals surface area (Å²) in [7, 11) is 0. The molecule has 0 spiro atoms. The molecule has 1 aromatic heterocycles. The summed E-state index contributed by atoms with van der Waals surface area (Å²) in [6.45, 7) is 3.24. The minimum atomic E-state index is 0.566. The van der Waals surface area contributed by atoms with Gasteiger partial charge in [0.2, 0.25) is 0 Å². The molecular weight excluding hydrogens is 386 g/mol. The van der Waals surface area contributed by atoms with Gasteiger partial charge < -0.3 is 4.57 Å². The van der Waals surface area contributed by atoms with Crippen LogP contribution >= 0.6 is 0 Å². The van der Waals surface area contributed by atoms with Crippen molar-refractivity contribution >= 4 is 21.8 Å². The molecule has 0 bridgehead atoms. The zero-order valence-electron chi connectivity index (χ0n) is 18.9. The zero-order chi connectivity index (χ0) is 21.8. The molecular formula is C31H31N. The van der Waals surface area contributed by atoms with Gasteiger partial charge in [0.05, 0.1) is 0 Å². The Morgan fingerprint density at radius 2 is 1.22 bits per heavy atom. The summed E-state index contributed by atoms with van der Waals surface area (Å²) in [5, 5.41) is 2.73. The number of fused-ring (bicyclic) bond motifs is 3. The molecule has 1 heteroatoms. The van der Waals surface area contributed by atoms with E-state index in [-0.39, 0.29) is 0 Å². The molecule has 0 amide bonds. The Balaban J connectivity index is 1.31.